The topological polar surface area (TPSA) is 0 Å². The lowest BCUT2D eigenvalue weighted by molar-refractivity contribution is 0.0171. The highest BCUT2D eigenvalue weighted by atomic mass is 14.6. The molecule has 8 saturated carbocycles. The average molecular weight is 294 g/mol. The summed E-state index contributed by atoms with van der Waals surface area (Å²) in [6.07, 6.45) is 16.3. The van der Waals surface area contributed by atoms with Gasteiger partial charge in [-0.3, -0.25) is 0 Å². The second-order valence-corrected chi connectivity index (χ2v) is 9.90. The van der Waals surface area contributed by atoms with Crippen molar-refractivity contribution < 1.29 is 0 Å². The van der Waals surface area contributed by atoms with E-state index < -0.39 is 0 Å². The van der Waals surface area contributed by atoms with Gasteiger partial charge in [0.05, 0.1) is 0 Å². The van der Waals surface area contributed by atoms with E-state index >= 15 is 0 Å². The fourth-order valence-electron chi connectivity index (χ4n) is 8.70. The summed E-state index contributed by atoms with van der Waals surface area (Å²) in [6.45, 7) is 4.26. The van der Waals surface area contributed by atoms with E-state index in [-0.39, 0.29) is 0 Å². The Morgan fingerprint density at radius 1 is 0.636 bits per heavy atom. The summed E-state index contributed by atoms with van der Waals surface area (Å²) in [5, 5.41) is 0. The highest BCUT2D eigenvalue weighted by Gasteiger charge is 2.54. The maximum atomic E-state index is 4.26. The molecule has 0 amide bonds. The molecule has 0 heteroatoms. The lowest BCUT2D eigenvalue weighted by Crippen LogP contribution is -2.49. The van der Waals surface area contributed by atoms with Crippen LogP contribution in [0.3, 0.4) is 0 Å². The molecule has 22 heavy (non-hydrogen) atoms. The van der Waals surface area contributed by atoms with Crippen molar-refractivity contribution in [3.8, 4) is 0 Å². The summed E-state index contributed by atoms with van der Waals surface area (Å²) in [4.78, 5) is 0. The highest BCUT2D eigenvalue weighted by molar-refractivity contribution is 5.34. The van der Waals surface area contributed by atoms with Gasteiger partial charge in [-0.05, 0) is 111 Å². The standard InChI is InChI=1S/C22H30/c1-2-19-15-4-14-9-18(11-15)22(20(19)10-14)21-16-5-12-3-13(7-16)8-17(21)6-12/h2,12-20H,1,3-11H2. The Hall–Kier alpha value is -0.520. The Kier molecular flexibility index (Phi) is 2.52. The number of rotatable bonds is 1. The Balaban J connectivity index is 1.47. The maximum absolute atomic E-state index is 4.26. The fourth-order valence-corrected chi connectivity index (χ4v) is 8.70. The molecule has 118 valence electrons. The van der Waals surface area contributed by atoms with Crippen molar-refractivity contribution in [2.75, 3.05) is 0 Å². The monoisotopic (exact) mass is 294 g/mol. The van der Waals surface area contributed by atoms with Crippen molar-refractivity contribution in [3.05, 3.63) is 23.8 Å². The van der Waals surface area contributed by atoms with Crippen LogP contribution in [0.5, 0.6) is 0 Å². The van der Waals surface area contributed by atoms with E-state index in [0.717, 1.165) is 53.3 Å². The van der Waals surface area contributed by atoms with Crippen LogP contribution in [0, 0.1) is 53.3 Å². The van der Waals surface area contributed by atoms with Crippen LogP contribution in [-0.2, 0) is 0 Å². The minimum absolute atomic E-state index is 0.840. The molecule has 0 aromatic carbocycles. The van der Waals surface area contributed by atoms with E-state index in [1.54, 1.807) is 38.5 Å². The highest BCUT2D eigenvalue weighted by Crippen LogP contribution is 2.64. The molecule has 0 heterocycles. The smallest absolute Gasteiger partial charge is 0.0129 e. The first-order chi connectivity index (χ1) is 10.8. The van der Waals surface area contributed by atoms with Gasteiger partial charge >= 0.3 is 0 Å². The van der Waals surface area contributed by atoms with Gasteiger partial charge in [0.15, 0.2) is 0 Å². The summed E-state index contributed by atoms with van der Waals surface area (Å²) < 4.78 is 0. The number of hydrogen-bond acceptors (Lipinski definition) is 0. The second kappa shape index (κ2) is 4.31. The Morgan fingerprint density at radius 2 is 1.23 bits per heavy atom. The minimum Gasteiger partial charge on any atom is -0.103 e. The molecule has 0 radical (unpaired) electrons. The van der Waals surface area contributed by atoms with Crippen molar-refractivity contribution >= 4 is 0 Å². The SMILES string of the molecule is C=CC1C2CC3CC(C2)C(=C2C4CC5CC(C4)CC2C5)C1C3. The van der Waals surface area contributed by atoms with Crippen LogP contribution in [0.2, 0.25) is 0 Å². The van der Waals surface area contributed by atoms with Crippen LogP contribution in [0.15, 0.2) is 23.8 Å². The fraction of sp³-hybridized carbons (Fsp3) is 0.818. The predicted molar refractivity (Wildman–Crippen MR) is 90.2 cm³/mol. The molecule has 0 aromatic heterocycles. The van der Waals surface area contributed by atoms with Gasteiger partial charge in [-0.15, -0.1) is 6.58 Å². The van der Waals surface area contributed by atoms with E-state index in [0.29, 0.717) is 0 Å². The Morgan fingerprint density at radius 3 is 1.86 bits per heavy atom. The third kappa shape index (κ3) is 1.55. The molecule has 0 aliphatic heterocycles. The van der Waals surface area contributed by atoms with E-state index in [1.165, 1.54) is 19.3 Å². The van der Waals surface area contributed by atoms with Crippen LogP contribution in [0.25, 0.3) is 0 Å². The lowest BCUT2D eigenvalue weighted by atomic mass is 9.46. The molecule has 8 fully saturated rings. The van der Waals surface area contributed by atoms with E-state index in [2.05, 4.69) is 18.2 Å². The maximum Gasteiger partial charge on any atom is -0.0129 e. The van der Waals surface area contributed by atoms with Crippen molar-refractivity contribution in [3.63, 3.8) is 0 Å². The van der Waals surface area contributed by atoms with Crippen molar-refractivity contribution in [1.82, 2.24) is 0 Å². The zero-order valence-electron chi connectivity index (χ0n) is 13.8. The molecular weight excluding hydrogens is 264 g/mol. The van der Waals surface area contributed by atoms with E-state index in [1.807, 2.05) is 5.57 Å². The Labute approximate surface area is 135 Å². The molecule has 8 aliphatic carbocycles. The third-order valence-corrected chi connectivity index (χ3v) is 8.90. The first-order valence-electron chi connectivity index (χ1n) is 10.2. The normalized spacial score (nSPS) is 57.7. The molecule has 8 bridgehead atoms. The largest absolute Gasteiger partial charge is 0.103 e. The van der Waals surface area contributed by atoms with Crippen LogP contribution in [-0.4, -0.2) is 0 Å². The average Bonchev–Trinajstić information content (AvgIpc) is 2.48. The lowest BCUT2D eigenvalue weighted by Gasteiger charge is -2.59. The van der Waals surface area contributed by atoms with Crippen LogP contribution in [0.4, 0.5) is 0 Å². The van der Waals surface area contributed by atoms with Crippen LogP contribution < -0.4 is 0 Å². The van der Waals surface area contributed by atoms with Crippen molar-refractivity contribution in [2.45, 2.75) is 57.8 Å². The van der Waals surface area contributed by atoms with Gasteiger partial charge in [-0.25, -0.2) is 0 Å². The molecule has 0 spiro atoms. The molecule has 0 N–H and O–H groups in total. The van der Waals surface area contributed by atoms with Gasteiger partial charge < -0.3 is 0 Å². The molecule has 0 nitrogen and oxygen atoms in total. The van der Waals surface area contributed by atoms with Crippen LogP contribution >= 0.6 is 0 Å². The zero-order valence-corrected chi connectivity index (χ0v) is 13.8. The third-order valence-electron chi connectivity index (χ3n) is 8.90. The summed E-state index contributed by atoms with van der Waals surface area (Å²) in [5.41, 5.74) is 4.11. The number of allylic oxidation sites excluding steroid dienone is 3. The van der Waals surface area contributed by atoms with Gasteiger partial charge in [0, 0.05) is 0 Å². The molecule has 0 saturated heterocycles. The van der Waals surface area contributed by atoms with Crippen molar-refractivity contribution in [1.29, 1.82) is 0 Å². The second-order valence-electron chi connectivity index (χ2n) is 9.90. The molecular formula is C22H30. The van der Waals surface area contributed by atoms with Gasteiger partial charge in [0.2, 0.25) is 0 Å². The van der Waals surface area contributed by atoms with Crippen molar-refractivity contribution in [2.24, 2.45) is 53.3 Å². The molecule has 5 unspecified atom stereocenters. The number of hydrogen-bond donors (Lipinski definition) is 0. The van der Waals surface area contributed by atoms with Gasteiger partial charge in [-0.2, -0.15) is 0 Å². The molecule has 5 atom stereocenters. The Bertz CT molecular complexity index is 522. The summed E-state index contributed by atoms with van der Waals surface area (Å²) in [7, 11) is 0. The molecule has 8 aliphatic rings. The predicted octanol–water partition coefficient (Wildman–Crippen LogP) is 5.61. The summed E-state index contributed by atoms with van der Waals surface area (Å²) in [5.74, 6) is 9.12. The minimum atomic E-state index is 0.840. The van der Waals surface area contributed by atoms with E-state index in [9.17, 15) is 0 Å². The first-order valence-corrected chi connectivity index (χ1v) is 10.2. The van der Waals surface area contributed by atoms with Gasteiger partial charge in [0.25, 0.3) is 0 Å². The van der Waals surface area contributed by atoms with Gasteiger partial charge in [0.1, 0.15) is 0 Å². The van der Waals surface area contributed by atoms with E-state index in [4.69, 9.17) is 0 Å². The first kappa shape index (κ1) is 12.8. The van der Waals surface area contributed by atoms with Gasteiger partial charge in [-0.1, -0.05) is 17.2 Å². The van der Waals surface area contributed by atoms with Crippen LogP contribution in [0.1, 0.15) is 57.8 Å². The summed E-state index contributed by atoms with van der Waals surface area (Å²) >= 11 is 0. The summed E-state index contributed by atoms with van der Waals surface area (Å²) in [6, 6.07) is 0. The zero-order chi connectivity index (χ0) is 14.4. The molecule has 8 rings (SSSR count). The quantitative estimate of drug-likeness (QED) is 0.552. The molecule has 0 aromatic rings.